The largest absolute Gasteiger partial charge is 0 e. The zero-order valence-corrected chi connectivity index (χ0v) is 20.4. The van der Waals surface area contributed by atoms with E-state index < -0.39 is 20.1 Å². The standard InChI is InChI=1S/C13H17O5P.5CO.W/c1-6-7(2)11-9(13(15)17-4)8(12(14)16-3)10(6)19(11)18-5;5*1-2;/h10-11H,1-5H3;;;;;;. The number of esters is 2. The molecule has 2 aliphatic heterocycles. The summed E-state index contributed by atoms with van der Waals surface area (Å²) in [6.45, 7) is 26.5. The van der Waals surface area contributed by atoms with Gasteiger partial charge in [0.05, 0.1) is 44.8 Å². The number of fused-ring (bicyclic) bond motifs is 2. The van der Waals surface area contributed by atoms with E-state index in [2.05, 4.69) is 33.3 Å². The van der Waals surface area contributed by atoms with E-state index in [-0.39, 0.29) is 32.4 Å². The maximum atomic E-state index is 12.0. The summed E-state index contributed by atoms with van der Waals surface area (Å²) in [5.74, 6) is -0.936. The van der Waals surface area contributed by atoms with Crippen LogP contribution in [-0.4, -0.2) is 44.6 Å². The number of ether oxygens (including phenoxy) is 2. The van der Waals surface area contributed by atoms with Crippen LogP contribution in [0.3, 0.4) is 0 Å². The van der Waals surface area contributed by atoms with Crippen molar-refractivity contribution in [3.05, 3.63) is 55.5 Å². The van der Waals surface area contributed by atoms with Crippen LogP contribution in [-0.2, 0) is 67.9 Å². The Kier molecular flexibility index (Phi) is 30.3. The van der Waals surface area contributed by atoms with Gasteiger partial charge in [-0.3, -0.25) is 0 Å². The number of methoxy groups -OCH3 is 2. The summed E-state index contributed by atoms with van der Waals surface area (Å²) in [6, 6.07) is 0. The molecule has 0 aliphatic carbocycles. The fourth-order valence-electron chi connectivity index (χ4n) is 2.82. The second kappa shape index (κ2) is 23.5. The van der Waals surface area contributed by atoms with Gasteiger partial charge in [0.1, 0.15) is 0 Å². The van der Waals surface area contributed by atoms with E-state index in [0.29, 0.717) is 11.1 Å². The van der Waals surface area contributed by atoms with E-state index in [4.69, 9.17) is 37.3 Å². The maximum absolute atomic E-state index is 12.0. The van der Waals surface area contributed by atoms with E-state index in [1.165, 1.54) is 14.2 Å². The number of hydrogen-bond donors (Lipinski definition) is 0. The van der Waals surface area contributed by atoms with Gasteiger partial charge in [-0.15, -0.1) is 0 Å². The van der Waals surface area contributed by atoms with Crippen molar-refractivity contribution in [2.75, 3.05) is 21.3 Å². The molecule has 0 saturated heterocycles. The summed E-state index contributed by atoms with van der Waals surface area (Å²) in [6.07, 6.45) is 0. The Morgan fingerprint density at radius 2 is 0.933 bits per heavy atom. The molecule has 2 atom stereocenters. The third-order valence-electron chi connectivity index (χ3n) is 3.81. The summed E-state index contributed by atoms with van der Waals surface area (Å²) >= 11 is 0. The molecule has 0 spiro atoms. The van der Waals surface area contributed by atoms with Crippen LogP contribution in [0.1, 0.15) is 13.8 Å². The van der Waals surface area contributed by atoms with Crippen molar-refractivity contribution in [1.29, 1.82) is 0 Å². The Morgan fingerprint density at radius 1 is 0.700 bits per heavy atom. The first-order chi connectivity index (χ1) is 14.0. The van der Waals surface area contributed by atoms with Crippen LogP contribution in [0.5, 0.6) is 0 Å². The number of allylic oxidation sites excluding steroid dienone is 2. The average Bonchev–Trinajstić information content (AvgIpc) is 3.29. The number of carbonyl (C=O) groups is 2. The van der Waals surface area contributed by atoms with Crippen LogP contribution < -0.4 is 0 Å². The third kappa shape index (κ3) is 8.52. The molecule has 2 unspecified atom stereocenters. The van der Waals surface area contributed by atoms with Gasteiger partial charge in [0.25, 0.3) is 0 Å². The molecule has 2 bridgehead atoms. The minimum Gasteiger partial charge on any atom is 0 e. The van der Waals surface area contributed by atoms with Crippen LogP contribution in [0, 0.1) is 33.3 Å². The molecule has 0 amide bonds. The average molecular weight is 608 g/mol. The van der Waals surface area contributed by atoms with Crippen LogP contribution in [0.25, 0.3) is 0 Å². The molecule has 160 valence electrons. The topological polar surface area (TPSA) is 161 Å². The van der Waals surface area contributed by atoms with Crippen molar-refractivity contribution in [2.24, 2.45) is 0 Å². The Morgan fingerprint density at radius 3 is 1.10 bits per heavy atom. The second-order valence-electron chi connectivity index (χ2n) is 4.52. The van der Waals surface area contributed by atoms with Crippen LogP contribution >= 0.6 is 8.15 Å². The van der Waals surface area contributed by atoms with Gasteiger partial charge in [0.15, 0.2) is 0 Å². The first-order valence-corrected chi connectivity index (χ1v) is 8.31. The maximum Gasteiger partial charge on any atom is 0 e. The predicted molar refractivity (Wildman–Crippen MR) is 90.6 cm³/mol. The van der Waals surface area contributed by atoms with E-state index in [9.17, 15) is 9.59 Å². The van der Waals surface area contributed by atoms with Crippen molar-refractivity contribution in [3.8, 4) is 0 Å². The predicted octanol–water partition coefficient (Wildman–Crippen LogP) is 1.58. The summed E-state index contributed by atoms with van der Waals surface area (Å²) in [7, 11) is 3.31. The van der Waals surface area contributed by atoms with Crippen LogP contribution in [0.15, 0.2) is 22.3 Å². The van der Waals surface area contributed by atoms with Crippen LogP contribution in [0.4, 0.5) is 0 Å². The van der Waals surface area contributed by atoms with E-state index >= 15 is 0 Å². The quantitative estimate of drug-likeness (QED) is 0.156. The van der Waals surface area contributed by atoms with Gasteiger partial charge in [0.2, 0.25) is 0 Å². The van der Waals surface area contributed by atoms with Gasteiger partial charge in [-0.2, -0.15) is 0 Å². The molecule has 2 rings (SSSR count). The van der Waals surface area contributed by atoms with E-state index in [1.807, 2.05) is 13.8 Å². The molecule has 0 N–H and O–H groups in total. The number of carbonyl (C=O) groups excluding carboxylic acids is 2. The second-order valence-corrected chi connectivity index (χ2v) is 6.64. The monoisotopic (exact) mass is 608 g/mol. The van der Waals surface area contributed by atoms with E-state index in [0.717, 1.165) is 11.1 Å². The Bertz CT molecular complexity index is 638. The molecular formula is C18H17O10PW. The zero-order valence-electron chi connectivity index (χ0n) is 16.6. The first kappa shape index (κ1) is 38.8. The van der Waals surface area contributed by atoms with Gasteiger partial charge in [-0.25, -0.2) is 9.59 Å². The Hall–Kier alpha value is -1.80. The molecule has 12 heteroatoms. The third-order valence-corrected chi connectivity index (χ3v) is 6.54. The Balaban J connectivity index is -0.000000166. The molecule has 10 nitrogen and oxygen atoms in total. The van der Waals surface area contributed by atoms with Gasteiger partial charge in [0, 0.05) is 28.2 Å². The van der Waals surface area contributed by atoms with E-state index in [1.54, 1.807) is 7.11 Å². The molecule has 0 radical (unpaired) electrons. The van der Waals surface area contributed by atoms with Crippen molar-refractivity contribution >= 4 is 20.1 Å². The van der Waals surface area contributed by atoms with Gasteiger partial charge in [-0.1, -0.05) is 11.1 Å². The fraction of sp³-hybridized carbons (Fsp3) is 0.389. The summed E-state index contributed by atoms with van der Waals surface area (Å²) in [5.41, 5.74) is 2.74. The normalized spacial score (nSPS) is 18.7. The smallest absolute Gasteiger partial charge is 0 e. The molecule has 0 saturated carbocycles. The molecular weight excluding hydrogens is 591 g/mol. The molecule has 30 heavy (non-hydrogen) atoms. The number of hydrogen-bond acceptors (Lipinski definition) is 5. The minimum atomic E-state index is -0.938. The fourth-order valence-corrected chi connectivity index (χ4v) is 5.71. The molecule has 0 aromatic rings. The van der Waals surface area contributed by atoms with Gasteiger partial charge >= 0.3 is 68.5 Å². The van der Waals surface area contributed by atoms with Crippen molar-refractivity contribution < 1.29 is 67.9 Å². The van der Waals surface area contributed by atoms with Crippen molar-refractivity contribution in [2.45, 2.75) is 25.2 Å². The molecule has 2 aliphatic rings. The van der Waals surface area contributed by atoms with Gasteiger partial charge in [-0.05, 0) is 13.8 Å². The SMILES string of the molecule is COC(=O)C1=C(C(=O)OC)C2C(C)=C(C)C1P2OC.[C-]#[O+].[C-]#[O+].[C-]#[O+].[C-]#[O+].[C-]#[O+].[W]. The summed E-state index contributed by atoms with van der Waals surface area (Å²) in [4.78, 5) is 24.0. The Labute approximate surface area is 190 Å². The van der Waals surface area contributed by atoms with Crippen molar-refractivity contribution in [1.82, 2.24) is 0 Å². The molecule has 2 heterocycles. The first-order valence-electron chi connectivity index (χ1n) is 6.92. The summed E-state index contributed by atoms with van der Waals surface area (Å²) in [5, 5.41) is 0. The molecule has 0 aromatic carbocycles. The molecule has 0 fully saturated rings. The number of rotatable bonds is 3. The van der Waals surface area contributed by atoms with Crippen LogP contribution in [0.2, 0.25) is 0 Å². The molecule has 0 aromatic heterocycles. The minimum absolute atomic E-state index is 0. The summed E-state index contributed by atoms with van der Waals surface area (Å²) < 4.78 is 52.7. The van der Waals surface area contributed by atoms with Gasteiger partial charge < -0.3 is 14.0 Å². The zero-order chi connectivity index (χ0) is 24.3. The van der Waals surface area contributed by atoms with Crippen molar-refractivity contribution in [3.63, 3.8) is 0 Å².